The van der Waals surface area contributed by atoms with E-state index < -0.39 is 41.7 Å². The topological polar surface area (TPSA) is 158 Å². The zero-order valence-corrected chi connectivity index (χ0v) is 16.4. The minimum absolute atomic E-state index is 0.0745. The summed E-state index contributed by atoms with van der Waals surface area (Å²) >= 11 is 0. The van der Waals surface area contributed by atoms with E-state index in [4.69, 9.17) is 10.5 Å². The molecule has 2 aromatic rings. The summed E-state index contributed by atoms with van der Waals surface area (Å²) in [6, 6.07) is -0.809. The summed E-state index contributed by atoms with van der Waals surface area (Å²) in [5.41, 5.74) is 4.44. The molecule has 5 N–H and O–H groups in total. The Hall–Kier alpha value is -2.83. The number of amides is 1. The van der Waals surface area contributed by atoms with Crippen molar-refractivity contribution < 1.29 is 24.1 Å². The van der Waals surface area contributed by atoms with Gasteiger partial charge in [-0.05, 0) is 13.3 Å². The highest BCUT2D eigenvalue weighted by Gasteiger charge is 2.39. The van der Waals surface area contributed by atoms with Crippen molar-refractivity contribution in [3.8, 4) is 0 Å². The summed E-state index contributed by atoms with van der Waals surface area (Å²) in [7, 11) is 0. The van der Waals surface area contributed by atoms with Gasteiger partial charge in [0.2, 0.25) is 5.91 Å². The predicted octanol–water partition coefficient (Wildman–Crippen LogP) is -1.44. The van der Waals surface area contributed by atoms with Crippen LogP contribution in [0, 0.1) is 12.7 Å². The van der Waals surface area contributed by atoms with Gasteiger partial charge in [-0.15, -0.1) is 0 Å². The van der Waals surface area contributed by atoms with Crippen LogP contribution in [-0.4, -0.2) is 66.2 Å². The molecule has 1 amide bonds. The molecule has 0 aliphatic carbocycles. The Morgan fingerprint density at radius 2 is 2.17 bits per heavy atom. The van der Waals surface area contributed by atoms with E-state index in [0.717, 1.165) is 16.6 Å². The minimum Gasteiger partial charge on any atom is -0.388 e. The third-order valence-corrected chi connectivity index (χ3v) is 5.06. The van der Waals surface area contributed by atoms with Gasteiger partial charge in [0.05, 0.1) is 19.2 Å². The van der Waals surface area contributed by atoms with Gasteiger partial charge in [0.25, 0.3) is 0 Å². The van der Waals surface area contributed by atoms with Crippen LogP contribution in [-0.2, 0) is 22.6 Å². The predicted molar refractivity (Wildman–Crippen MR) is 103 cm³/mol. The van der Waals surface area contributed by atoms with Gasteiger partial charge in [0.15, 0.2) is 11.6 Å². The highest BCUT2D eigenvalue weighted by Crippen LogP contribution is 2.17. The Labute approximate surface area is 171 Å². The first-order valence-electron chi connectivity index (χ1n) is 9.53. The molecule has 0 saturated carbocycles. The van der Waals surface area contributed by atoms with Crippen molar-refractivity contribution in [2.24, 2.45) is 0 Å². The molecule has 0 aromatic carbocycles. The van der Waals surface area contributed by atoms with Gasteiger partial charge in [0.1, 0.15) is 24.1 Å². The molecule has 30 heavy (non-hydrogen) atoms. The number of anilines is 1. The summed E-state index contributed by atoms with van der Waals surface area (Å²) in [4.78, 5) is 31.4. The number of nitrogens with zero attached hydrogens (tertiary/aromatic N) is 4. The lowest BCUT2D eigenvalue weighted by Crippen LogP contribution is -2.60. The monoisotopic (exact) mass is 424 g/mol. The molecule has 1 aliphatic rings. The number of nitrogen functional groups attached to an aromatic ring is 1. The number of hydrogen-bond donors (Lipinski definition) is 4. The van der Waals surface area contributed by atoms with E-state index in [0.29, 0.717) is 13.0 Å². The molecule has 1 fully saturated rings. The van der Waals surface area contributed by atoms with Gasteiger partial charge >= 0.3 is 5.69 Å². The third-order valence-electron chi connectivity index (χ3n) is 5.06. The van der Waals surface area contributed by atoms with Crippen LogP contribution in [0.15, 0.2) is 23.4 Å². The number of aryl methyl sites for hydroxylation is 2. The zero-order chi connectivity index (χ0) is 21.8. The number of imidazole rings is 1. The number of aromatic nitrogens is 4. The van der Waals surface area contributed by atoms with E-state index in [-0.39, 0.29) is 25.5 Å². The van der Waals surface area contributed by atoms with Gasteiger partial charge in [-0.2, -0.15) is 4.98 Å². The van der Waals surface area contributed by atoms with E-state index in [1.54, 1.807) is 6.20 Å². The molecule has 0 unspecified atom stereocenters. The molecule has 0 radical (unpaired) electrons. The number of carbonyl (C=O) groups excluding carboxylic acids is 1. The van der Waals surface area contributed by atoms with E-state index in [1.807, 2.05) is 17.7 Å². The Kier molecular flexibility index (Phi) is 6.80. The quantitative estimate of drug-likeness (QED) is 0.421. The molecule has 1 saturated heterocycles. The fourth-order valence-electron chi connectivity index (χ4n) is 3.30. The lowest BCUT2D eigenvalue weighted by Gasteiger charge is -2.38. The molecule has 4 atom stereocenters. The molecule has 2 aromatic heterocycles. The largest absolute Gasteiger partial charge is 0.388 e. The first-order valence-corrected chi connectivity index (χ1v) is 9.53. The smallest absolute Gasteiger partial charge is 0.349 e. The van der Waals surface area contributed by atoms with Crippen molar-refractivity contribution in [1.82, 2.24) is 24.4 Å². The number of ether oxygens (including phenoxy) is 1. The van der Waals surface area contributed by atoms with Crippen LogP contribution in [0.3, 0.4) is 0 Å². The summed E-state index contributed by atoms with van der Waals surface area (Å²) in [5, 5.41) is 23.3. The van der Waals surface area contributed by atoms with Gasteiger partial charge in [-0.3, -0.25) is 9.36 Å². The molecule has 3 rings (SSSR count). The van der Waals surface area contributed by atoms with Gasteiger partial charge in [-0.25, -0.2) is 14.2 Å². The summed E-state index contributed by atoms with van der Waals surface area (Å²) < 4.78 is 21.9. The Bertz CT molecular complexity index is 947. The second-order valence-electron chi connectivity index (χ2n) is 7.21. The van der Waals surface area contributed by atoms with Crippen LogP contribution < -0.4 is 16.7 Å². The number of carbonyl (C=O) groups is 1. The second-order valence-corrected chi connectivity index (χ2v) is 7.21. The lowest BCUT2D eigenvalue weighted by molar-refractivity contribution is -0.158. The molecule has 12 heteroatoms. The Balaban J connectivity index is 1.50. The first kappa shape index (κ1) is 21.9. The number of rotatable bonds is 7. The van der Waals surface area contributed by atoms with Crippen molar-refractivity contribution in [2.45, 2.75) is 57.2 Å². The van der Waals surface area contributed by atoms with Crippen LogP contribution >= 0.6 is 0 Å². The normalized spacial score (nSPS) is 24.0. The van der Waals surface area contributed by atoms with Crippen molar-refractivity contribution in [1.29, 1.82) is 0 Å². The fourth-order valence-corrected chi connectivity index (χ4v) is 3.30. The maximum atomic E-state index is 13.6. The molecule has 11 nitrogen and oxygen atoms in total. The van der Waals surface area contributed by atoms with Crippen LogP contribution in [0.2, 0.25) is 0 Å². The number of nitrogens with two attached hydrogens (primary N) is 1. The maximum absolute atomic E-state index is 13.6. The zero-order valence-electron chi connectivity index (χ0n) is 16.4. The minimum atomic E-state index is -1.40. The van der Waals surface area contributed by atoms with Crippen LogP contribution in [0.1, 0.15) is 18.7 Å². The van der Waals surface area contributed by atoms with E-state index in [2.05, 4.69) is 15.3 Å². The van der Waals surface area contributed by atoms with E-state index in [9.17, 15) is 24.2 Å². The summed E-state index contributed by atoms with van der Waals surface area (Å²) in [6.45, 7) is 2.20. The first-order chi connectivity index (χ1) is 14.3. The van der Waals surface area contributed by atoms with E-state index in [1.165, 1.54) is 0 Å². The average Bonchev–Trinajstić information content (AvgIpc) is 3.10. The van der Waals surface area contributed by atoms with Crippen LogP contribution in [0.25, 0.3) is 0 Å². The van der Waals surface area contributed by atoms with Crippen molar-refractivity contribution in [3.63, 3.8) is 0 Å². The molecular formula is C18H25FN6O5. The number of nitrogens with one attached hydrogen (secondary N) is 1. The molecule has 3 heterocycles. The number of hydrogen-bond acceptors (Lipinski definition) is 8. The Morgan fingerprint density at radius 3 is 2.87 bits per heavy atom. The third kappa shape index (κ3) is 5.01. The molecule has 1 aliphatic heterocycles. The summed E-state index contributed by atoms with van der Waals surface area (Å²) in [6.07, 6.45) is 1.49. The SMILES string of the molecule is Cc1nccn1CCCC(=O)N[C@@H]1CO[C@H](Cn2cc(F)c(N)nc2=O)[C@@H](O)[C@H]1O. The number of halogens is 1. The van der Waals surface area contributed by atoms with Gasteiger partial charge in [0, 0.05) is 31.6 Å². The Morgan fingerprint density at radius 1 is 1.40 bits per heavy atom. The standard InChI is InChI=1S/C18H25FN6O5/c1-10-21-4-6-24(10)5-2-3-14(26)22-12-9-30-13(16(28)15(12)27)8-25-7-11(19)17(20)23-18(25)29/h4,6-7,12-13,15-16,27-28H,2-3,5,8-9H2,1H3,(H,22,26)(H2,20,23,29)/t12-,13-,15+,16-/m1/s1. The fraction of sp³-hybridized carbons (Fsp3) is 0.556. The molecule has 0 bridgehead atoms. The highest BCUT2D eigenvalue weighted by atomic mass is 19.1. The van der Waals surface area contributed by atoms with Gasteiger partial charge in [-0.1, -0.05) is 0 Å². The summed E-state index contributed by atoms with van der Waals surface area (Å²) in [5.74, 6) is -0.827. The van der Waals surface area contributed by atoms with Crippen molar-refractivity contribution >= 4 is 11.7 Å². The molecular weight excluding hydrogens is 399 g/mol. The van der Waals surface area contributed by atoms with E-state index >= 15 is 0 Å². The maximum Gasteiger partial charge on any atom is 0.349 e. The van der Waals surface area contributed by atoms with Crippen molar-refractivity contribution in [2.75, 3.05) is 12.3 Å². The van der Waals surface area contributed by atoms with Crippen molar-refractivity contribution in [3.05, 3.63) is 40.7 Å². The number of aliphatic hydroxyl groups is 2. The second kappa shape index (κ2) is 9.32. The lowest BCUT2D eigenvalue weighted by atomic mass is 9.97. The van der Waals surface area contributed by atoms with Crippen LogP contribution in [0.4, 0.5) is 10.2 Å². The average molecular weight is 424 g/mol. The van der Waals surface area contributed by atoms with Gasteiger partial charge < -0.3 is 30.6 Å². The van der Waals surface area contributed by atoms with Crippen LogP contribution in [0.5, 0.6) is 0 Å². The highest BCUT2D eigenvalue weighted by molar-refractivity contribution is 5.76. The molecule has 0 spiro atoms. The molecule has 164 valence electrons. The number of aliphatic hydroxyl groups excluding tert-OH is 2.